The minimum Gasteiger partial charge on any atom is -0.497 e. The van der Waals surface area contributed by atoms with Crippen molar-refractivity contribution in [3.63, 3.8) is 0 Å². The Bertz CT molecular complexity index is 1510. The van der Waals surface area contributed by atoms with Gasteiger partial charge in [0.2, 0.25) is 6.29 Å². The molecule has 0 saturated carbocycles. The van der Waals surface area contributed by atoms with Crippen LogP contribution in [-0.2, 0) is 30.2 Å². The number of aliphatic hydroxyl groups is 1. The lowest BCUT2D eigenvalue weighted by Gasteiger charge is -2.36. The van der Waals surface area contributed by atoms with Crippen LogP contribution in [0.5, 0.6) is 5.75 Å². The van der Waals surface area contributed by atoms with Crippen molar-refractivity contribution in [1.82, 2.24) is 10.3 Å². The number of carbonyl (C=O) groups is 1. The number of H-pyrrole nitrogens is 1. The van der Waals surface area contributed by atoms with Gasteiger partial charge in [-0.05, 0) is 55.7 Å². The number of fused-ring (bicyclic) bond motifs is 2. The molecule has 3 N–H and O–H groups in total. The molecular formula is C33H40N2O8. The number of allylic oxidation sites excluding steroid dienone is 1. The Morgan fingerprint density at radius 1 is 1.07 bits per heavy atom. The smallest absolute Gasteiger partial charge is 0.286 e. The van der Waals surface area contributed by atoms with Gasteiger partial charge in [0.25, 0.3) is 5.91 Å². The van der Waals surface area contributed by atoms with Crippen LogP contribution in [0.2, 0.25) is 0 Å². The summed E-state index contributed by atoms with van der Waals surface area (Å²) in [5.41, 5.74) is 3.85. The van der Waals surface area contributed by atoms with Crippen LogP contribution >= 0.6 is 0 Å². The van der Waals surface area contributed by atoms with Crippen LogP contribution in [0.1, 0.15) is 30.4 Å². The fraction of sp³-hybridized carbons (Fsp3) is 0.424. The zero-order valence-corrected chi connectivity index (χ0v) is 24.7. The molecule has 230 valence electrons. The molecule has 0 spiro atoms. The lowest BCUT2D eigenvalue weighted by molar-refractivity contribution is -0.168. The van der Waals surface area contributed by atoms with E-state index in [4.69, 9.17) is 33.2 Å². The van der Waals surface area contributed by atoms with Gasteiger partial charge in [-0.3, -0.25) is 4.79 Å². The predicted octanol–water partition coefficient (Wildman–Crippen LogP) is 4.67. The second-order valence-electron chi connectivity index (χ2n) is 10.3. The maximum atomic E-state index is 13.4. The van der Waals surface area contributed by atoms with Crippen LogP contribution in [-0.4, -0.2) is 75.6 Å². The zero-order valence-electron chi connectivity index (χ0n) is 24.7. The molecule has 5 rings (SSSR count). The number of aromatic amines is 1. The lowest BCUT2D eigenvalue weighted by Crippen LogP contribution is -2.39. The molecule has 10 heteroatoms. The Morgan fingerprint density at radius 3 is 2.72 bits per heavy atom. The van der Waals surface area contributed by atoms with Gasteiger partial charge < -0.3 is 43.5 Å². The molecule has 3 atom stereocenters. The number of para-hydroxylation sites is 1. The second kappa shape index (κ2) is 15.1. The SMILES string of the molecule is CCO[C@H]1OC(C(=O)NCCc2c[nH]c3ccc(OC)cc23)=C[C@@H](c2coc3ccccc23)[C@@H]1CCOCCOCCO. The van der Waals surface area contributed by atoms with Crippen molar-refractivity contribution in [1.29, 1.82) is 0 Å². The number of benzene rings is 2. The van der Waals surface area contributed by atoms with Gasteiger partial charge in [-0.25, -0.2) is 0 Å². The summed E-state index contributed by atoms with van der Waals surface area (Å²) < 4.78 is 34.6. The highest BCUT2D eigenvalue weighted by Crippen LogP contribution is 2.42. The van der Waals surface area contributed by atoms with Crippen LogP contribution in [0.4, 0.5) is 0 Å². The summed E-state index contributed by atoms with van der Waals surface area (Å²) in [4.78, 5) is 16.7. The van der Waals surface area contributed by atoms with Gasteiger partial charge in [0.05, 0.1) is 39.8 Å². The summed E-state index contributed by atoms with van der Waals surface area (Å²) in [7, 11) is 1.65. The van der Waals surface area contributed by atoms with Gasteiger partial charge >= 0.3 is 0 Å². The van der Waals surface area contributed by atoms with Crippen molar-refractivity contribution in [2.75, 3.05) is 53.3 Å². The second-order valence-corrected chi connectivity index (χ2v) is 10.3. The van der Waals surface area contributed by atoms with Crippen molar-refractivity contribution >= 4 is 27.8 Å². The largest absolute Gasteiger partial charge is 0.497 e. The van der Waals surface area contributed by atoms with E-state index in [0.717, 1.165) is 38.7 Å². The van der Waals surface area contributed by atoms with E-state index in [-0.39, 0.29) is 36.7 Å². The highest BCUT2D eigenvalue weighted by atomic mass is 16.7. The van der Waals surface area contributed by atoms with E-state index in [9.17, 15) is 4.79 Å². The van der Waals surface area contributed by atoms with Gasteiger partial charge in [-0.15, -0.1) is 0 Å². The molecule has 0 saturated heterocycles. The first-order valence-corrected chi connectivity index (χ1v) is 14.8. The quantitative estimate of drug-likeness (QED) is 0.160. The van der Waals surface area contributed by atoms with E-state index >= 15 is 0 Å². The molecule has 0 fully saturated rings. The Kier molecular flexibility index (Phi) is 10.7. The molecule has 10 nitrogen and oxygen atoms in total. The summed E-state index contributed by atoms with van der Waals surface area (Å²) in [5.74, 6) is 0.384. The number of methoxy groups -OCH3 is 1. The van der Waals surface area contributed by atoms with Crippen molar-refractivity contribution in [3.05, 3.63) is 77.9 Å². The molecule has 2 aromatic heterocycles. The molecule has 0 radical (unpaired) electrons. The molecule has 43 heavy (non-hydrogen) atoms. The molecule has 2 aromatic carbocycles. The molecule has 1 amide bonds. The molecule has 0 bridgehead atoms. The first-order valence-electron chi connectivity index (χ1n) is 14.8. The summed E-state index contributed by atoms with van der Waals surface area (Å²) in [5, 5.41) is 14.0. The Morgan fingerprint density at radius 2 is 1.91 bits per heavy atom. The van der Waals surface area contributed by atoms with Crippen molar-refractivity contribution in [2.24, 2.45) is 5.92 Å². The van der Waals surface area contributed by atoms with Crippen LogP contribution in [0.3, 0.4) is 0 Å². The van der Waals surface area contributed by atoms with Gasteiger partial charge in [0.15, 0.2) is 5.76 Å². The number of amides is 1. The third-order valence-corrected chi connectivity index (χ3v) is 7.67. The number of hydrogen-bond acceptors (Lipinski definition) is 8. The molecule has 3 heterocycles. The van der Waals surface area contributed by atoms with E-state index in [0.29, 0.717) is 45.8 Å². The Balaban J connectivity index is 1.32. The highest BCUT2D eigenvalue weighted by molar-refractivity contribution is 5.92. The van der Waals surface area contributed by atoms with E-state index in [2.05, 4.69) is 10.3 Å². The molecule has 4 aromatic rings. The van der Waals surface area contributed by atoms with Gasteiger partial charge in [-0.1, -0.05) is 18.2 Å². The molecule has 0 unspecified atom stereocenters. The standard InChI is InChI=1S/C33H40N2O8/c1-3-41-33-25(11-14-39-16-17-40-15-13-36)27(28-21-42-30-7-5-4-6-24(28)30)19-31(43-33)32(37)34-12-10-22-20-35-29-9-8-23(38-2)18-26(22)29/h4-9,18-21,25,27,33,35-36H,3,10-17H2,1-2H3,(H,34,37)/t25-,27+,33-/m0/s1. The summed E-state index contributed by atoms with van der Waals surface area (Å²) >= 11 is 0. The summed E-state index contributed by atoms with van der Waals surface area (Å²) in [6.45, 7) is 4.31. The molecular weight excluding hydrogens is 552 g/mol. The Labute approximate surface area is 250 Å². The number of hydrogen-bond donors (Lipinski definition) is 3. The number of aliphatic hydroxyl groups excluding tert-OH is 1. The number of rotatable bonds is 16. The molecule has 0 aliphatic carbocycles. The van der Waals surface area contributed by atoms with Crippen LogP contribution < -0.4 is 10.1 Å². The molecule has 1 aliphatic heterocycles. The summed E-state index contributed by atoms with van der Waals surface area (Å²) in [6, 6.07) is 13.8. The fourth-order valence-electron chi connectivity index (χ4n) is 5.55. The number of aromatic nitrogens is 1. The number of carbonyl (C=O) groups excluding carboxylic acids is 1. The fourth-order valence-corrected chi connectivity index (χ4v) is 5.55. The van der Waals surface area contributed by atoms with E-state index in [1.807, 2.05) is 61.7 Å². The third-order valence-electron chi connectivity index (χ3n) is 7.67. The molecule has 1 aliphatic rings. The maximum absolute atomic E-state index is 13.4. The minimum absolute atomic E-state index is 0.0176. The predicted molar refractivity (Wildman–Crippen MR) is 162 cm³/mol. The summed E-state index contributed by atoms with van der Waals surface area (Å²) in [6.07, 6.45) is 6.22. The first kappa shape index (κ1) is 30.6. The van der Waals surface area contributed by atoms with Crippen molar-refractivity contribution in [2.45, 2.75) is 32.0 Å². The van der Waals surface area contributed by atoms with Crippen LogP contribution in [0, 0.1) is 5.92 Å². The number of ether oxygens (including phenoxy) is 5. The third kappa shape index (κ3) is 7.40. The van der Waals surface area contributed by atoms with Gasteiger partial charge in [0.1, 0.15) is 11.3 Å². The van der Waals surface area contributed by atoms with E-state index < -0.39 is 6.29 Å². The monoisotopic (exact) mass is 592 g/mol. The van der Waals surface area contributed by atoms with Crippen LogP contribution in [0.15, 0.2) is 71.2 Å². The number of furan rings is 1. The topological polar surface area (TPSA) is 124 Å². The number of nitrogens with one attached hydrogen (secondary N) is 2. The van der Waals surface area contributed by atoms with Crippen molar-refractivity contribution < 1.29 is 38.0 Å². The van der Waals surface area contributed by atoms with E-state index in [1.165, 1.54) is 0 Å². The lowest BCUT2D eigenvalue weighted by atomic mass is 9.81. The van der Waals surface area contributed by atoms with E-state index in [1.54, 1.807) is 13.4 Å². The average molecular weight is 593 g/mol. The maximum Gasteiger partial charge on any atom is 0.286 e. The minimum atomic E-state index is -0.648. The van der Waals surface area contributed by atoms with Gasteiger partial charge in [-0.2, -0.15) is 0 Å². The average Bonchev–Trinajstić information content (AvgIpc) is 3.65. The van der Waals surface area contributed by atoms with Gasteiger partial charge in [0, 0.05) is 59.6 Å². The highest BCUT2D eigenvalue weighted by Gasteiger charge is 2.39. The van der Waals surface area contributed by atoms with Crippen LogP contribution in [0.25, 0.3) is 21.9 Å². The zero-order chi connectivity index (χ0) is 30.0. The normalized spacial score (nSPS) is 18.5. The van der Waals surface area contributed by atoms with Crippen molar-refractivity contribution in [3.8, 4) is 5.75 Å². The first-order chi connectivity index (χ1) is 21.1. The Hall–Kier alpha value is -3.83.